The molecule has 1 radical (unpaired) electrons. The normalized spacial score (nSPS) is 12.9. The third kappa shape index (κ3) is 11.3. The first-order valence-corrected chi connectivity index (χ1v) is 13.4. The van der Waals surface area contributed by atoms with Gasteiger partial charge in [-0.3, -0.25) is 27.5 Å². The second kappa shape index (κ2) is 18.1. The van der Waals surface area contributed by atoms with Crippen molar-refractivity contribution < 1.29 is 42.8 Å². The third-order valence-electron chi connectivity index (χ3n) is 5.93. The summed E-state index contributed by atoms with van der Waals surface area (Å²) in [5, 5.41) is 9.12. The third-order valence-corrected chi connectivity index (χ3v) is 5.93. The Bertz CT molecular complexity index is 1620. The van der Waals surface area contributed by atoms with Gasteiger partial charge in [-0.05, 0) is 53.7 Å². The fraction of sp³-hybridized carbons (Fsp3) is 0.0857. The average molecular weight is 787 g/mol. The Morgan fingerprint density at radius 1 is 0.778 bits per heavy atom. The second-order valence-electron chi connectivity index (χ2n) is 9.16. The van der Waals surface area contributed by atoms with Gasteiger partial charge in [0.2, 0.25) is 0 Å². The van der Waals surface area contributed by atoms with Crippen LogP contribution in [0.1, 0.15) is 5.56 Å². The molecule has 45 heavy (non-hydrogen) atoms. The van der Waals surface area contributed by atoms with Crippen LogP contribution in [0.5, 0.6) is 5.75 Å². The van der Waals surface area contributed by atoms with Crippen LogP contribution in [0, 0.1) is 35.4 Å². The Labute approximate surface area is 272 Å². The van der Waals surface area contributed by atoms with Gasteiger partial charge in [-0.25, -0.2) is 0 Å². The van der Waals surface area contributed by atoms with Crippen molar-refractivity contribution in [2.75, 3.05) is 6.54 Å². The van der Waals surface area contributed by atoms with Crippen LogP contribution in [-0.4, -0.2) is 40.1 Å². The number of hydrogen-bond donors (Lipinski definition) is 1. The number of pyridine rings is 2. The molecule has 10 heteroatoms. The quantitative estimate of drug-likeness (QED) is 0.109. The summed E-state index contributed by atoms with van der Waals surface area (Å²) in [4.78, 5) is 16.4. The number of nitrogens with zero attached hydrogens (tertiary/aromatic N) is 4. The second-order valence-corrected chi connectivity index (χ2v) is 9.16. The molecule has 0 amide bonds. The van der Waals surface area contributed by atoms with E-state index in [1.54, 1.807) is 67.1 Å². The van der Waals surface area contributed by atoms with Gasteiger partial charge in [0.05, 0.1) is 0 Å². The molecular formula is C35H26F4IrN4O-2. The molecule has 1 atom stereocenters. The van der Waals surface area contributed by atoms with E-state index in [-0.39, 0.29) is 37.3 Å². The van der Waals surface area contributed by atoms with Gasteiger partial charge in [-0.2, -0.15) is 0 Å². The van der Waals surface area contributed by atoms with E-state index in [9.17, 15) is 17.6 Å². The van der Waals surface area contributed by atoms with Crippen molar-refractivity contribution in [2.24, 2.45) is 9.98 Å². The zero-order valence-corrected chi connectivity index (χ0v) is 26.0. The van der Waals surface area contributed by atoms with Crippen LogP contribution in [0.3, 0.4) is 0 Å². The van der Waals surface area contributed by atoms with Crippen LogP contribution < -0.4 is 0 Å². The zero-order chi connectivity index (χ0) is 31.1. The SMILES string of the molecule is Fc1c[c-]c(-c2ccccn2)c(F)c1.Fc1c[c-]c(-c2ccccn2)c(F)c1.Oc1ccc(CCN=CC2C=CC=N2)cc1.[Ir]. The molecule has 1 aliphatic heterocycles. The number of aliphatic imine (C=N–C) groups is 2. The molecule has 0 saturated carbocycles. The maximum atomic E-state index is 13.2. The molecule has 0 aliphatic carbocycles. The first kappa shape index (κ1) is 34.7. The minimum Gasteiger partial charge on any atom is -0.508 e. The Kier molecular flexibility index (Phi) is 14.0. The molecule has 1 aliphatic rings. The van der Waals surface area contributed by atoms with Crippen molar-refractivity contribution in [1.29, 1.82) is 0 Å². The molecule has 5 nitrogen and oxygen atoms in total. The molecular weight excluding hydrogens is 761 g/mol. The molecule has 3 heterocycles. The molecule has 0 fully saturated rings. The van der Waals surface area contributed by atoms with E-state index in [0.717, 1.165) is 37.2 Å². The summed E-state index contributed by atoms with van der Waals surface area (Å²) in [6, 6.07) is 26.4. The van der Waals surface area contributed by atoms with E-state index in [2.05, 4.69) is 32.1 Å². The van der Waals surface area contributed by atoms with Crippen molar-refractivity contribution >= 4 is 12.4 Å². The predicted octanol–water partition coefficient (Wildman–Crippen LogP) is 7.67. The standard InChI is InChI=1S/C13H14N2O.2C11H6F2N.Ir/c16-13-5-3-11(4-6-13)7-9-14-10-12-2-1-8-15-12;2*12-8-4-5-9(10(13)7-8)11-3-1-2-6-14-11;/h1-6,8,10,12,16H,7,9H2;2*1-4,6-7H;/q;2*-1;. The summed E-state index contributed by atoms with van der Waals surface area (Å²) in [7, 11) is 0. The average Bonchev–Trinajstić information content (AvgIpc) is 3.56. The van der Waals surface area contributed by atoms with Crippen LogP contribution in [0.4, 0.5) is 17.6 Å². The fourth-order valence-corrected chi connectivity index (χ4v) is 3.79. The van der Waals surface area contributed by atoms with Crippen molar-refractivity contribution in [2.45, 2.75) is 12.5 Å². The Hall–Kier alpha value is -4.79. The van der Waals surface area contributed by atoms with Gasteiger partial charge >= 0.3 is 0 Å². The molecule has 2 aromatic heterocycles. The summed E-state index contributed by atoms with van der Waals surface area (Å²) < 4.78 is 51.6. The van der Waals surface area contributed by atoms with Crippen molar-refractivity contribution in [3.05, 3.63) is 150 Å². The summed E-state index contributed by atoms with van der Waals surface area (Å²) in [6.45, 7) is 0.755. The van der Waals surface area contributed by atoms with Crippen molar-refractivity contribution in [1.82, 2.24) is 9.97 Å². The first-order chi connectivity index (χ1) is 21.4. The van der Waals surface area contributed by atoms with Gasteiger partial charge in [0.15, 0.2) is 0 Å². The number of hydrogen-bond acceptors (Lipinski definition) is 5. The number of phenols is 1. The molecule has 0 spiro atoms. The predicted molar refractivity (Wildman–Crippen MR) is 163 cm³/mol. The van der Waals surface area contributed by atoms with E-state index in [1.807, 2.05) is 30.5 Å². The van der Waals surface area contributed by atoms with E-state index in [1.165, 1.54) is 5.56 Å². The van der Waals surface area contributed by atoms with Crippen molar-refractivity contribution in [3.63, 3.8) is 0 Å². The number of allylic oxidation sites excluding steroid dienone is 1. The van der Waals surface area contributed by atoms with Gasteiger partial charge < -0.3 is 15.1 Å². The molecule has 0 saturated heterocycles. The molecule has 231 valence electrons. The van der Waals surface area contributed by atoms with Crippen molar-refractivity contribution in [3.8, 4) is 28.3 Å². The topological polar surface area (TPSA) is 70.7 Å². The first-order valence-electron chi connectivity index (χ1n) is 13.4. The summed E-state index contributed by atoms with van der Waals surface area (Å²) in [5.74, 6) is -2.27. The van der Waals surface area contributed by atoms with Crippen LogP contribution in [0.25, 0.3) is 22.5 Å². The summed E-state index contributed by atoms with van der Waals surface area (Å²) in [5.41, 5.74) is 2.45. The fourth-order valence-electron chi connectivity index (χ4n) is 3.79. The van der Waals surface area contributed by atoms with Gasteiger partial charge in [0, 0.05) is 74.7 Å². The van der Waals surface area contributed by atoms with Crippen LogP contribution in [0.15, 0.2) is 119 Å². The van der Waals surface area contributed by atoms with E-state index < -0.39 is 23.3 Å². The van der Waals surface area contributed by atoms with E-state index >= 15 is 0 Å². The number of phenolic OH excluding ortho intramolecular Hbond substituents is 1. The number of aromatic hydroxyl groups is 1. The largest absolute Gasteiger partial charge is 0.508 e. The van der Waals surface area contributed by atoms with Gasteiger partial charge in [-0.1, -0.05) is 65.7 Å². The minimum atomic E-state index is -0.649. The van der Waals surface area contributed by atoms with E-state index in [0.29, 0.717) is 17.1 Å². The number of benzene rings is 3. The zero-order valence-electron chi connectivity index (χ0n) is 23.6. The molecule has 3 aromatic carbocycles. The Morgan fingerprint density at radius 3 is 1.78 bits per heavy atom. The molecule has 1 N–H and O–H groups in total. The minimum absolute atomic E-state index is 0. The summed E-state index contributed by atoms with van der Waals surface area (Å²) in [6.07, 6.45) is 11.6. The monoisotopic (exact) mass is 787 g/mol. The number of halogens is 4. The van der Waals surface area contributed by atoms with Crippen LogP contribution in [-0.2, 0) is 26.5 Å². The maximum absolute atomic E-state index is 13.2. The van der Waals surface area contributed by atoms with Gasteiger partial charge in [-0.15, -0.1) is 24.3 Å². The number of rotatable bonds is 6. The molecule has 5 aromatic rings. The Balaban J connectivity index is 0.000000183. The maximum Gasteiger partial charge on any atom is 0.115 e. The molecule has 6 rings (SSSR count). The smallest absolute Gasteiger partial charge is 0.115 e. The number of aromatic nitrogens is 2. The Morgan fingerprint density at radius 2 is 1.33 bits per heavy atom. The van der Waals surface area contributed by atoms with Crippen LogP contribution >= 0.6 is 0 Å². The summed E-state index contributed by atoms with van der Waals surface area (Å²) >= 11 is 0. The van der Waals surface area contributed by atoms with Crippen LogP contribution in [0.2, 0.25) is 0 Å². The molecule has 0 bridgehead atoms. The van der Waals surface area contributed by atoms with Gasteiger partial charge in [0.1, 0.15) is 11.8 Å². The molecule has 1 unspecified atom stereocenters. The van der Waals surface area contributed by atoms with Gasteiger partial charge in [0.25, 0.3) is 0 Å². The van der Waals surface area contributed by atoms with E-state index in [4.69, 9.17) is 5.11 Å².